The first-order valence-corrected chi connectivity index (χ1v) is 19.1. The molecule has 1 N–H and O–H groups in total. The number of aromatic nitrogens is 1. The molecule has 1 aromatic carbocycles. The number of carbonyl (C=O) groups is 4. The maximum Gasteiger partial charge on any atom is 0.303 e. The zero-order valence-electron chi connectivity index (χ0n) is 30.7. The summed E-state index contributed by atoms with van der Waals surface area (Å²) in [5, 5.41) is 5.44. The predicted molar refractivity (Wildman–Crippen MR) is 194 cm³/mol. The Morgan fingerprint density at radius 1 is 1.04 bits per heavy atom. The van der Waals surface area contributed by atoms with Gasteiger partial charge in [0, 0.05) is 44.3 Å². The lowest BCUT2D eigenvalue weighted by molar-refractivity contribution is -0.151. The first kappa shape index (κ1) is 38.7. The van der Waals surface area contributed by atoms with Crippen LogP contribution in [0.1, 0.15) is 126 Å². The Balaban J connectivity index is 1.50. The van der Waals surface area contributed by atoms with Gasteiger partial charge >= 0.3 is 5.97 Å². The highest BCUT2D eigenvalue weighted by Crippen LogP contribution is 2.45. The number of benzene rings is 1. The second kappa shape index (κ2) is 17.7. The molecule has 2 heterocycles. The summed E-state index contributed by atoms with van der Waals surface area (Å²) in [4.78, 5) is 62.6. The van der Waals surface area contributed by atoms with Crippen molar-refractivity contribution in [2.24, 2.45) is 17.3 Å². The van der Waals surface area contributed by atoms with Crippen molar-refractivity contribution in [1.82, 2.24) is 20.1 Å². The van der Waals surface area contributed by atoms with Crippen LogP contribution in [0.25, 0.3) is 0 Å². The van der Waals surface area contributed by atoms with Crippen LogP contribution in [0.15, 0.2) is 35.7 Å². The van der Waals surface area contributed by atoms with Gasteiger partial charge in [0.2, 0.25) is 5.91 Å². The van der Waals surface area contributed by atoms with Gasteiger partial charge in [0.1, 0.15) is 10.7 Å². The van der Waals surface area contributed by atoms with Crippen LogP contribution >= 0.6 is 11.3 Å². The molecule has 9 nitrogen and oxygen atoms in total. The average Bonchev–Trinajstić information content (AvgIpc) is 3.74. The van der Waals surface area contributed by atoms with Crippen molar-refractivity contribution in [3.05, 3.63) is 52.0 Å². The van der Waals surface area contributed by atoms with Crippen LogP contribution in [0.2, 0.25) is 0 Å². The molecular weight excluding hydrogens is 637 g/mol. The number of likely N-dealkylation sites (tertiary alicyclic amines) is 1. The molecule has 0 spiro atoms. The van der Waals surface area contributed by atoms with E-state index in [1.807, 2.05) is 37.2 Å². The van der Waals surface area contributed by atoms with Crippen molar-refractivity contribution in [3.63, 3.8) is 0 Å². The fourth-order valence-electron chi connectivity index (χ4n) is 7.93. The minimum absolute atomic E-state index is 0.00547. The summed E-state index contributed by atoms with van der Waals surface area (Å²) in [6.07, 6.45) is 7.73. The number of nitrogens with zero attached hydrogens (tertiary/aromatic N) is 3. The second-order valence-corrected chi connectivity index (χ2v) is 16.1. The molecule has 0 bridgehead atoms. The van der Waals surface area contributed by atoms with E-state index >= 15 is 0 Å². The number of carbonyl (C=O) groups excluding carboxylic acids is 4. The molecule has 4 rings (SSSR count). The lowest BCUT2D eigenvalue weighted by Crippen LogP contribution is -2.50. The van der Waals surface area contributed by atoms with E-state index in [1.165, 1.54) is 18.3 Å². The maximum absolute atomic E-state index is 14.4. The zero-order chi connectivity index (χ0) is 35.7. The summed E-state index contributed by atoms with van der Waals surface area (Å²) < 4.78 is 5.84. The van der Waals surface area contributed by atoms with Gasteiger partial charge in [-0.05, 0) is 69.5 Å². The number of amides is 2. The van der Waals surface area contributed by atoms with Crippen LogP contribution in [-0.2, 0) is 25.5 Å². The van der Waals surface area contributed by atoms with Gasteiger partial charge in [-0.15, -0.1) is 11.3 Å². The smallest absolute Gasteiger partial charge is 0.303 e. The lowest BCUT2D eigenvalue weighted by atomic mass is 9.77. The third-order valence-electron chi connectivity index (χ3n) is 10.5. The molecule has 2 aromatic rings. The first-order chi connectivity index (χ1) is 23.3. The summed E-state index contributed by atoms with van der Waals surface area (Å²) in [6.45, 7) is 10.7. The zero-order valence-corrected chi connectivity index (χ0v) is 31.5. The van der Waals surface area contributed by atoms with Crippen LogP contribution in [0, 0.1) is 17.3 Å². The van der Waals surface area contributed by atoms with Gasteiger partial charge in [-0.2, -0.15) is 0 Å². The Morgan fingerprint density at radius 2 is 1.73 bits per heavy atom. The largest absolute Gasteiger partial charge is 0.455 e. The van der Waals surface area contributed by atoms with Crippen LogP contribution in [0.4, 0.5) is 0 Å². The van der Waals surface area contributed by atoms with Crippen LogP contribution < -0.4 is 5.32 Å². The number of hydrogen-bond acceptors (Lipinski definition) is 8. The van der Waals surface area contributed by atoms with Crippen molar-refractivity contribution in [1.29, 1.82) is 0 Å². The van der Waals surface area contributed by atoms with Gasteiger partial charge in [-0.3, -0.25) is 24.1 Å². The van der Waals surface area contributed by atoms with Crippen LogP contribution in [-0.4, -0.2) is 77.1 Å². The van der Waals surface area contributed by atoms with Gasteiger partial charge in [0.15, 0.2) is 11.9 Å². The molecule has 2 amide bonds. The van der Waals surface area contributed by atoms with Crippen molar-refractivity contribution in [3.8, 4) is 0 Å². The van der Waals surface area contributed by atoms with Gasteiger partial charge < -0.3 is 15.0 Å². The maximum atomic E-state index is 14.4. The van der Waals surface area contributed by atoms with E-state index in [2.05, 4.69) is 55.0 Å². The molecule has 10 heteroatoms. The van der Waals surface area contributed by atoms with E-state index in [4.69, 9.17) is 4.74 Å². The molecule has 2 fully saturated rings. The Kier molecular flexibility index (Phi) is 14.0. The normalized spacial score (nSPS) is 19.7. The number of Topliss-reactive ketones (excluding diaryl/α,β-unsaturated/α-hetero) is 1. The second-order valence-electron chi connectivity index (χ2n) is 15.2. The topological polar surface area (TPSA) is 109 Å². The standard InChI is InChI=1S/C39H58N4O5S/c1-26(2)21-30(22-29-15-9-8-10-16-29)40-36(46)31-25-49-37(41-31)35(48-28(5)44)23-33(27(3)4)43(7)38(47)39(18-12-13-19-39)24-34(45)32-17-11-14-20-42(32)6/h8-10,15-16,25-27,30,32-33,35H,11-14,17-24H2,1-7H3,(H,40,46)/t30-,32-,33-,35-/m1/s1. The summed E-state index contributed by atoms with van der Waals surface area (Å²) in [6, 6.07) is 9.69. The van der Waals surface area contributed by atoms with E-state index in [0.29, 0.717) is 35.9 Å². The molecule has 1 aliphatic heterocycles. The molecule has 4 atom stereocenters. The monoisotopic (exact) mass is 694 g/mol. The number of piperidine rings is 1. The highest BCUT2D eigenvalue weighted by atomic mass is 32.1. The van der Waals surface area contributed by atoms with Crippen molar-refractivity contribution in [2.45, 2.75) is 129 Å². The number of ketones is 1. The Morgan fingerprint density at radius 3 is 2.35 bits per heavy atom. The molecule has 1 saturated heterocycles. The average molecular weight is 695 g/mol. The molecular formula is C39H58N4O5S. The van der Waals surface area contributed by atoms with Crippen molar-refractivity contribution < 1.29 is 23.9 Å². The number of likely N-dealkylation sites (N-methyl/N-ethyl adjacent to an activating group) is 1. The Labute approximate surface area is 297 Å². The third-order valence-corrected chi connectivity index (χ3v) is 11.4. The molecule has 0 unspecified atom stereocenters. The van der Waals surface area contributed by atoms with E-state index in [0.717, 1.165) is 57.1 Å². The lowest BCUT2D eigenvalue weighted by Gasteiger charge is -2.40. The van der Waals surface area contributed by atoms with Crippen LogP contribution in [0.3, 0.4) is 0 Å². The molecule has 1 aromatic heterocycles. The van der Waals surface area contributed by atoms with Crippen molar-refractivity contribution >= 4 is 34.9 Å². The van der Waals surface area contributed by atoms with Gasteiger partial charge in [-0.25, -0.2) is 4.98 Å². The Bertz CT molecular complexity index is 1400. The summed E-state index contributed by atoms with van der Waals surface area (Å²) in [5.74, 6) is -0.0743. The highest BCUT2D eigenvalue weighted by molar-refractivity contribution is 7.09. The fraction of sp³-hybridized carbons (Fsp3) is 0.667. The molecule has 49 heavy (non-hydrogen) atoms. The van der Waals surface area contributed by atoms with E-state index in [1.54, 1.807) is 5.38 Å². The molecule has 1 aliphatic carbocycles. The van der Waals surface area contributed by atoms with Gasteiger partial charge in [0.05, 0.1) is 11.5 Å². The quantitative estimate of drug-likeness (QED) is 0.188. The van der Waals surface area contributed by atoms with E-state index < -0.39 is 17.5 Å². The predicted octanol–water partition coefficient (Wildman–Crippen LogP) is 7.01. The highest BCUT2D eigenvalue weighted by Gasteiger charge is 2.47. The number of rotatable bonds is 16. The number of ether oxygens (including phenoxy) is 1. The molecule has 2 aliphatic rings. The summed E-state index contributed by atoms with van der Waals surface area (Å²) >= 11 is 1.29. The molecule has 270 valence electrons. The fourth-order valence-corrected chi connectivity index (χ4v) is 8.77. The number of thiazole rings is 1. The minimum Gasteiger partial charge on any atom is -0.455 e. The molecule has 1 saturated carbocycles. The first-order valence-electron chi connectivity index (χ1n) is 18.3. The number of esters is 1. The number of nitrogens with one attached hydrogen (secondary N) is 1. The third kappa shape index (κ3) is 10.5. The summed E-state index contributed by atoms with van der Waals surface area (Å²) in [5.41, 5.74) is 0.749. The molecule has 0 radical (unpaired) electrons. The van der Waals surface area contributed by atoms with E-state index in [9.17, 15) is 19.2 Å². The number of hydrogen-bond donors (Lipinski definition) is 1. The summed E-state index contributed by atoms with van der Waals surface area (Å²) in [7, 11) is 3.85. The minimum atomic E-state index is -0.723. The van der Waals surface area contributed by atoms with Crippen LogP contribution in [0.5, 0.6) is 0 Å². The Hall–Kier alpha value is -3.11. The van der Waals surface area contributed by atoms with E-state index in [-0.39, 0.29) is 48.1 Å². The SMILES string of the molecule is CC(=O)O[C@H](C[C@H](C(C)C)N(C)C(=O)C1(CC(=O)[C@H]2CCCCN2C)CCCC1)c1nc(C(=O)N[C@@H](Cc2ccccc2)CC(C)C)cs1. The van der Waals surface area contributed by atoms with Crippen molar-refractivity contribution in [2.75, 3.05) is 20.6 Å². The van der Waals surface area contributed by atoms with Gasteiger partial charge in [-0.1, -0.05) is 77.3 Å². The van der Waals surface area contributed by atoms with Gasteiger partial charge in [0.25, 0.3) is 5.91 Å².